The van der Waals surface area contributed by atoms with Crippen molar-refractivity contribution in [1.29, 1.82) is 0 Å². The summed E-state index contributed by atoms with van der Waals surface area (Å²) in [5.41, 5.74) is 4.48. The van der Waals surface area contributed by atoms with Crippen LogP contribution in [0.3, 0.4) is 0 Å². The highest BCUT2D eigenvalue weighted by Crippen LogP contribution is 2.26. The summed E-state index contributed by atoms with van der Waals surface area (Å²) in [6.45, 7) is 4.77. The van der Waals surface area contributed by atoms with Crippen LogP contribution in [-0.2, 0) is 17.7 Å². The third-order valence-electron chi connectivity index (χ3n) is 4.51. The fraction of sp³-hybridized carbons (Fsp3) is 0.333. The largest absolute Gasteiger partial charge is 0.381 e. The van der Waals surface area contributed by atoms with E-state index in [0.29, 0.717) is 10.9 Å². The van der Waals surface area contributed by atoms with Crippen LogP contribution in [0, 0.1) is 12.8 Å². The van der Waals surface area contributed by atoms with E-state index in [1.165, 1.54) is 10.9 Å². The van der Waals surface area contributed by atoms with Crippen molar-refractivity contribution in [3.8, 4) is 0 Å². The molecule has 0 spiro atoms. The molecule has 0 bridgehead atoms. The Kier molecular flexibility index (Phi) is 3.79. The molecule has 118 valence electrons. The summed E-state index contributed by atoms with van der Waals surface area (Å²) in [4.78, 5) is 8.73. The van der Waals surface area contributed by atoms with Crippen LogP contribution in [-0.4, -0.2) is 27.7 Å². The molecule has 1 saturated heterocycles. The monoisotopic (exact) mass is 327 g/mol. The van der Waals surface area contributed by atoms with Crippen LogP contribution >= 0.6 is 11.6 Å². The summed E-state index contributed by atoms with van der Waals surface area (Å²) in [6.07, 6.45) is 8.31. The normalized spacial score (nSPS) is 15.0. The fourth-order valence-corrected chi connectivity index (χ4v) is 3.37. The first kappa shape index (κ1) is 14.7. The van der Waals surface area contributed by atoms with E-state index in [-0.39, 0.29) is 0 Å². The number of hydrogen-bond acceptors (Lipinski definition) is 3. The number of ether oxygens (including phenoxy) is 1. The van der Waals surface area contributed by atoms with Crippen LogP contribution in [0.4, 0.5) is 0 Å². The van der Waals surface area contributed by atoms with Gasteiger partial charge in [0.1, 0.15) is 0 Å². The average molecular weight is 328 g/mol. The second kappa shape index (κ2) is 5.95. The maximum atomic E-state index is 6.32. The molecule has 5 heteroatoms. The first-order chi connectivity index (χ1) is 11.2. The van der Waals surface area contributed by atoms with Crippen molar-refractivity contribution >= 4 is 22.5 Å². The van der Waals surface area contributed by atoms with Crippen molar-refractivity contribution in [3.05, 3.63) is 58.8 Å². The number of hydrogen-bond donors (Lipinski definition) is 0. The Labute approximate surface area is 140 Å². The van der Waals surface area contributed by atoms with Crippen LogP contribution in [0.1, 0.15) is 16.8 Å². The van der Waals surface area contributed by atoms with Crippen LogP contribution in [0.2, 0.25) is 5.02 Å². The van der Waals surface area contributed by atoms with E-state index in [9.17, 15) is 0 Å². The van der Waals surface area contributed by atoms with Gasteiger partial charge in [-0.2, -0.15) is 0 Å². The minimum absolute atomic E-state index is 0.624. The van der Waals surface area contributed by atoms with Gasteiger partial charge in [0.25, 0.3) is 0 Å². The van der Waals surface area contributed by atoms with Crippen molar-refractivity contribution in [2.45, 2.75) is 19.9 Å². The van der Waals surface area contributed by atoms with Gasteiger partial charge in [-0.25, -0.2) is 0 Å². The van der Waals surface area contributed by atoms with Crippen molar-refractivity contribution in [2.75, 3.05) is 13.2 Å². The second-order valence-electron chi connectivity index (χ2n) is 6.16. The lowest BCUT2D eigenvalue weighted by Crippen LogP contribution is -2.31. The van der Waals surface area contributed by atoms with E-state index in [0.717, 1.165) is 43.0 Å². The fourth-order valence-electron chi connectivity index (χ4n) is 3.10. The predicted octanol–water partition coefficient (Wildman–Crippen LogP) is 3.63. The molecular weight excluding hydrogens is 310 g/mol. The summed E-state index contributed by atoms with van der Waals surface area (Å²) in [5.74, 6) is 0.624. The van der Waals surface area contributed by atoms with Crippen LogP contribution < -0.4 is 0 Å². The van der Waals surface area contributed by atoms with Crippen molar-refractivity contribution in [2.24, 2.45) is 5.92 Å². The number of aromatic nitrogens is 3. The van der Waals surface area contributed by atoms with E-state index >= 15 is 0 Å². The highest BCUT2D eigenvalue weighted by atomic mass is 35.5. The minimum Gasteiger partial charge on any atom is -0.381 e. The highest BCUT2D eigenvalue weighted by Gasteiger charge is 2.20. The van der Waals surface area contributed by atoms with Crippen LogP contribution in [0.15, 0.2) is 36.9 Å². The van der Waals surface area contributed by atoms with Crippen molar-refractivity contribution in [1.82, 2.24) is 14.5 Å². The zero-order chi connectivity index (χ0) is 15.8. The van der Waals surface area contributed by atoms with Gasteiger partial charge in [0.15, 0.2) is 0 Å². The molecule has 0 aliphatic carbocycles. The van der Waals surface area contributed by atoms with Gasteiger partial charge in [-0.3, -0.25) is 9.97 Å². The SMILES string of the molecule is Cc1cncc(Cl)c1Cc1nccc2c1ccn2CC1COC1. The Hall–Kier alpha value is -1.91. The number of halogens is 1. The Morgan fingerprint density at radius 1 is 1.30 bits per heavy atom. The second-order valence-corrected chi connectivity index (χ2v) is 6.56. The van der Waals surface area contributed by atoms with Gasteiger partial charge in [-0.05, 0) is 30.2 Å². The number of nitrogens with zero attached hydrogens (tertiary/aromatic N) is 3. The quantitative estimate of drug-likeness (QED) is 0.734. The lowest BCUT2D eigenvalue weighted by molar-refractivity contribution is -0.0388. The molecule has 0 amide bonds. The van der Waals surface area contributed by atoms with Crippen molar-refractivity contribution in [3.63, 3.8) is 0 Å². The Balaban J connectivity index is 1.70. The van der Waals surface area contributed by atoms with Gasteiger partial charge in [0.05, 0.1) is 29.4 Å². The summed E-state index contributed by atoms with van der Waals surface area (Å²) < 4.78 is 7.58. The molecule has 23 heavy (non-hydrogen) atoms. The number of rotatable bonds is 4. The van der Waals surface area contributed by atoms with E-state index in [2.05, 4.69) is 32.9 Å². The molecule has 4 heterocycles. The molecule has 1 fully saturated rings. The van der Waals surface area contributed by atoms with Gasteiger partial charge < -0.3 is 9.30 Å². The zero-order valence-corrected chi connectivity index (χ0v) is 13.8. The smallest absolute Gasteiger partial charge is 0.0627 e. The molecule has 0 atom stereocenters. The Bertz CT molecular complexity index is 834. The molecule has 1 aliphatic rings. The number of aryl methyl sites for hydroxylation is 1. The molecule has 1 aliphatic heterocycles. The highest BCUT2D eigenvalue weighted by molar-refractivity contribution is 6.31. The van der Waals surface area contributed by atoms with Gasteiger partial charge in [0.2, 0.25) is 0 Å². The first-order valence-electron chi connectivity index (χ1n) is 7.82. The van der Waals surface area contributed by atoms with Gasteiger partial charge >= 0.3 is 0 Å². The molecule has 4 nitrogen and oxygen atoms in total. The minimum atomic E-state index is 0.624. The van der Waals surface area contributed by atoms with E-state index < -0.39 is 0 Å². The van der Waals surface area contributed by atoms with Crippen LogP contribution in [0.5, 0.6) is 0 Å². The van der Waals surface area contributed by atoms with Gasteiger partial charge in [-0.15, -0.1) is 0 Å². The Morgan fingerprint density at radius 2 is 2.17 bits per heavy atom. The van der Waals surface area contributed by atoms with E-state index in [1.54, 1.807) is 6.20 Å². The van der Waals surface area contributed by atoms with E-state index in [1.807, 2.05) is 19.3 Å². The third kappa shape index (κ3) is 2.73. The summed E-state index contributed by atoms with van der Waals surface area (Å²) in [5, 5.41) is 1.90. The van der Waals surface area contributed by atoms with Crippen LogP contribution in [0.25, 0.3) is 10.9 Å². The summed E-state index contributed by atoms with van der Waals surface area (Å²) in [6, 6.07) is 4.24. The number of pyridine rings is 2. The molecule has 3 aromatic rings. The molecule has 0 radical (unpaired) electrons. The molecule has 0 unspecified atom stereocenters. The molecule has 0 saturated carbocycles. The lowest BCUT2D eigenvalue weighted by Gasteiger charge is -2.26. The average Bonchev–Trinajstić information content (AvgIpc) is 2.91. The standard InChI is InChI=1S/C18H18ClN3O/c1-12-7-20-8-16(19)15(12)6-17-14-3-5-22(9-13-10-23-11-13)18(14)2-4-21-17/h2-5,7-8,13H,6,9-11H2,1H3. The number of fused-ring (bicyclic) bond motifs is 1. The predicted molar refractivity (Wildman–Crippen MR) is 90.8 cm³/mol. The maximum Gasteiger partial charge on any atom is 0.0627 e. The first-order valence-corrected chi connectivity index (χ1v) is 8.19. The molecule has 3 aromatic heterocycles. The van der Waals surface area contributed by atoms with Crippen molar-refractivity contribution < 1.29 is 4.74 Å². The topological polar surface area (TPSA) is 39.9 Å². The molecular formula is C18H18ClN3O. The zero-order valence-electron chi connectivity index (χ0n) is 13.0. The summed E-state index contributed by atoms with van der Waals surface area (Å²) in [7, 11) is 0. The molecule has 0 N–H and O–H groups in total. The Morgan fingerprint density at radius 3 is 2.91 bits per heavy atom. The maximum absolute atomic E-state index is 6.32. The molecule has 0 aromatic carbocycles. The lowest BCUT2D eigenvalue weighted by atomic mass is 10.0. The summed E-state index contributed by atoms with van der Waals surface area (Å²) >= 11 is 6.32. The van der Waals surface area contributed by atoms with Gasteiger partial charge in [0, 0.05) is 49.1 Å². The van der Waals surface area contributed by atoms with E-state index in [4.69, 9.17) is 16.3 Å². The van der Waals surface area contributed by atoms with Gasteiger partial charge in [-0.1, -0.05) is 11.6 Å². The molecule has 4 rings (SSSR count). The third-order valence-corrected chi connectivity index (χ3v) is 4.83.